The standard InChI is InChI=1S/C14H24ClNS/c1-9(2)12(10(3)4)8-16-11(5)13-6-7-14(15)17-13/h6-7,9-12,16H,8H2,1-5H3. The quantitative estimate of drug-likeness (QED) is 0.771. The third-order valence-electron chi connectivity index (χ3n) is 3.39. The summed E-state index contributed by atoms with van der Waals surface area (Å²) in [5.41, 5.74) is 0. The van der Waals surface area contributed by atoms with E-state index in [0.717, 1.165) is 28.6 Å². The van der Waals surface area contributed by atoms with Gasteiger partial charge in [-0.3, -0.25) is 0 Å². The average molecular weight is 274 g/mol. The number of rotatable bonds is 6. The summed E-state index contributed by atoms with van der Waals surface area (Å²) in [5, 5.41) is 3.63. The van der Waals surface area contributed by atoms with E-state index in [0.29, 0.717) is 6.04 Å². The van der Waals surface area contributed by atoms with Crippen molar-refractivity contribution in [2.45, 2.75) is 40.7 Å². The van der Waals surface area contributed by atoms with Crippen molar-refractivity contribution in [1.82, 2.24) is 5.32 Å². The largest absolute Gasteiger partial charge is 0.309 e. The molecule has 3 heteroatoms. The van der Waals surface area contributed by atoms with Gasteiger partial charge in [-0.05, 0) is 43.4 Å². The molecule has 0 radical (unpaired) electrons. The molecule has 0 aliphatic rings. The third kappa shape index (κ3) is 4.61. The molecule has 0 amide bonds. The van der Waals surface area contributed by atoms with Crippen molar-refractivity contribution in [2.75, 3.05) is 6.54 Å². The van der Waals surface area contributed by atoms with Crippen molar-refractivity contribution in [3.05, 3.63) is 21.3 Å². The SMILES string of the molecule is CC(NCC(C(C)C)C(C)C)c1ccc(Cl)s1. The van der Waals surface area contributed by atoms with E-state index in [1.54, 1.807) is 11.3 Å². The summed E-state index contributed by atoms with van der Waals surface area (Å²) in [7, 11) is 0. The fraction of sp³-hybridized carbons (Fsp3) is 0.714. The Bertz CT molecular complexity index is 325. The second-order valence-corrected chi connectivity index (χ2v) is 7.17. The minimum atomic E-state index is 0.396. The maximum Gasteiger partial charge on any atom is 0.0931 e. The highest BCUT2D eigenvalue weighted by atomic mass is 35.5. The van der Waals surface area contributed by atoms with Crippen LogP contribution in [0.2, 0.25) is 4.34 Å². The Balaban J connectivity index is 2.49. The summed E-state index contributed by atoms with van der Waals surface area (Å²) in [5.74, 6) is 2.18. The van der Waals surface area contributed by atoms with Gasteiger partial charge in [0.05, 0.1) is 4.34 Å². The van der Waals surface area contributed by atoms with Crippen LogP contribution in [0.1, 0.15) is 45.5 Å². The molecule has 0 aliphatic heterocycles. The van der Waals surface area contributed by atoms with Crippen LogP contribution in [-0.4, -0.2) is 6.54 Å². The van der Waals surface area contributed by atoms with Crippen molar-refractivity contribution >= 4 is 22.9 Å². The van der Waals surface area contributed by atoms with E-state index in [-0.39, 0.29) is 0 Å². The van der Waals surface area contributed by atoms with Crippen LogP contribution in [0.25, 0.3) is 0 Å². The molecular weight excluding hydrogens is 250 g/mol. The van der Waals surface area contributed by atoms with Crippen molar-refractivity contribution in [1.29, 1.82) is 0 Å². The number of thiophene rings is 1. The topological polar surface area (TPSA) is 12.0 Å². The van der Waals surface area contributed by atoms with E-state index in [2.05, 4.69) is 46.0 Å². The molecule has 1 aromatic rings. The Kier molecular flexibility index (Phi) is 5.98. The van der Waals surface area contributed by atoms with Crippen molar-refractivity contribution < 1.29 is 0 Å². The molecule has 0 saturated carbocycles. The van der Waals surface area contributed by atoms with Crippen molar-refractivity contribution in [2.24, 2.45) is 17.8 Å². The smallest absolute Gasteiger partial charge is 0.0931 e. The van der Waals surface area contributed by atoms with Crippen molar-refractivity contribution in [3.63, 3.8) is 0 Å². The van der Waals surface area contributed by atoms with Gasteiger partial charge in [-0.15, -0.1) is 11.3 Å². The van der Waals surface area contributed by atoms with Crippen LogP contribution in [-0.2, 0) is 0 Å². The van der Waals surface area contributed by atoms with Crippen LogP contribution in [0.4, 0.5) is 0 Å². The molecule has 1 N–H and O–H groups in total. The fourth-order valence-electron chi connectivity index (χ4n) is 2.22. The van der Waals surface area contributed by atoms with E-state index in [4.69, 9.17) is 11.6 Å². The lowest BCUT2D eigenvalue weighted by Crippen LogP contribution is -2.31. The molecule has 1 rings (SSSR count). The molecular formula is C14H24ClNS. The van der Waals surface area contributed by atoms with Gasteiger partial charge >= 0.3 is 0 Å². The first kappa shape index (κ1) is 15.0. The van der Waals surface area contributed by atoms with Gasteiger partial charge in [-0.2, -0.15) is 0 Å². The minimum absolute atomic E-state index is 0.396. The predicted octanol–water partition coefficient (Wildman–Crippen LogP) is 4.98. The first-order valence-electron chi connectivity index (χ1n) is 6.40. The highest BCUT2D eigenvalue weighted by molar-refractivity contribution is 7.16. The molecule has 1 heterocycles. The number of nitrogens with one attached hydrogen (secondary N) is 1. The Morgan fingerprint density at radius 3 is 2.12 bits per heavy atom. The zero-order chi connectivity index (χ0) is 13.0. The summed E-state index contributed by atoms with van der Waals surface area (Å²) in [4.78, 5) is 1.32. The Hall–Kier alpha value is -0.0500. The third-order valence-corrected chi connectivity index (χ3v) is 4.81. The normalized spacial score (nSPS) is 13.9. The molecule has 1 atom stereocenters. The van der Waals surface area contributed by atoms with Crippen LogP contribution in [0.5, 0.6) is 0 Å². The van der Waals surface area contributed by atoms with Gasteiger partial charge in [-0.25, -0.2) is 0 Å². The van der Waals surface area contributed by atoms with E-state index in [1.165, 1.54) is 4.88 Å². The van der Waals surface area contributed by atoms with E-state index in [1.807, 2.05) is 6.07 Å². The lowest BCUT2D eigenvalue weighted by atomic mass is 9.85. The lowest BCUT2D eigenvalue weighted by molar-refractivity contribution is 0.268. The van der Waals surface area contributed by atoms with Gasteiger partial charge in [0.25, 0.3) is 0 Å². The molecule has 0 bridgehead atoms. The molecule has 0 fully saturated rings. The van der Waals surface area contributed by atoms with Gasteiger partial charge in [0.15, 0.2) is 0 Å². The molecule has 1 nitrogen and oxygen atoms in total. The van der Waals surface area contributed by atoms with E-state index >= 15 is 0 Å². The van der Waals surface area contributed by atoms with Crippen molar-refractivity contribution in [3.8, 4) is 0 Å². The van der Waals surface area contributed by atoms with Crippen LogP contribution in [0.3, 0.4) is 0 Å². The molecule has 1 aromatic heterocycles. The van der Waals surface area contributed by atoms with Crippen LogP contribution in [0, 0.1) is 17.8 Å². The molecule has 0 aromatic carbocycles. The van der Waals surface area contributed by atoms with Gasteiger partial charge in [-0.1, -0.05) is 39.3 Å². The lowest BCUT2D eigenvalue weighted by Gasteiger charge is -2.26. The minimum Gasteiger partial charge on any atom is -0.309 e. The molecule has 98 valence electrons. The van der Waals surface area contributed by atoms with Gasteiger partial charge in [0.2, 0.25) is 0 Å². The molecule has 0 aliphatic carbocycles. The van der Waals surface area contributed by atoms with Gasteiger partial charge in [0, 0.05) is 10.9 Å². The van der Waals surface area contributed by atoms with Gasteiger partial charge < -0.3 is 5.32 Å². The predicted molar refractivity (Wildman–Crippen MR) is 78.9 cm³/mol. The van der Waals surface area contributed by atoms with Crippen LogP contribution < -0.4 is 5.32 Å². The fourth-order valence-corrected chi connectivity index (χ4v) is 3.30. The Morgan fingerprint density at radius 1 is 1.12 bits per heavy atom. The van der Waals surface area contributed by atoms with Crippen LogP contribution >= 0.6 is 22.9 Å². The summed E-state index contributed by atoms with van der Waals surface area (Å²) in [6, 6.07) is 4.49. The first-order valence-corrected chi connectivity index (χ1v) is 7.59. The Labute approximate surface area is 115 Å². The zero-order valence-electron chi connectivity index (χ0n) is 11.5. The van der Waals surface area contributed by atoms with Crippen LogP contribution in [0.15, 0.2) is 12.1 Å². The van der Waals surface area contributed by atoms with Gasteiger partial charge in [0.1, 0.15) is 0 Å². The summed E-state index contributed by atoms with van der Waals surface area (Å²) in [6.45, 7) is 12.5. The molecule has 0 saturated heterocycles. The monoisotopic (exact) mass is 273 g/mol. The maximum absolute atomic E-state index is 5.96. The summed E-state index contributed by atoms with van der Waals surface area (Å²) < 4.78 is 0.873. The highest BCUT2D eigenvalue weighted by Crippen LogP contribution is 2.27. The van der Waals surface area contributed by atoms with E-state index in [9.17, 15) is 0 Å². The Morgan fingerprint density at radius 2 is 1.71 bits per heavy atom. The molecule has 1 unspecified atom stereocenters. The second-order valence-electron chi connectivity index (χ2n) is 5.42. The average Bonchev–Trinajstić information content (AvgIpc) is 2.63. The number of hydrogen-bond donors (Lipinski definition) is 1. The zero-order valence-corrected chi connectivity index (χ0v) is 13.0. The van der Waals surface area contributed by atoms with E-state index < -0.39 is 0 Å². The highest BCUT2D eigenvalue weighted by Gasteiger charge is 2.18. The summed E-state index contributed by atoms with van der Waals surface area (Å²) >= 11 is 7.63. The summed E-state index contributed by atoms with van der Waals surface area (Å²) in [6.07, 6.45) is 0. The molecule has 0 spiro atoms. The number of hydrogen-bond acceptors (Lipinski definition) is 2. The maximum atomic E-state index is 5.96. The first-order chi connectivity index (χ1) is 7.91. The number of halogens is 1. The molecule has 17 heavy (non-hydrogen) atoms. The second kappa shape index (κ2) is 6.77.